The van der Waals surface area contributed by atoms with Gasteiger partial charge in [-0.15, -0.1) is 0 Å². The summed E-state index contributed by atoms with van der Waals surface area (Å²) in [6.07, 6.45) is 5.56. The van der Waals surface area contributed by atoms with Gasteiger partial charge in [0.15, 0.2) is 4.77 Å². The third kappa shape index (κ3) is 4.29. The molecular weight excluding hydrogens is 414 g/mol. The Hall–Kier alpha value is -3.26. The molecule has 0 unspecified atom stereocenters. The highest BCUT2D eigenvalue weighted by Crippen LogP contribution is 2.18. The van der Waals surface area contributed by atoms with Crippen LogP contribution in [0.1, 0.15) is 52.8 Å². The second kappa shape index (κ2) is 8.85. The summed E-state index contributed by atoms with van der Waals surface area (Å²) in [5.41, 5.74) is 1.57. The number of esters is 1. The van der Waals surface area contributed by atoms with Crippen molar-refractivity contribution in [3.63, 3.8) is 0 Å². The lowest BCUT2D eigenvalue weighted by Crippen LogP contribution is -2.36. The van der Waals surface area contributed by atoms with Gasteiger partial charge in [0.2, 0.25) is 0 Å². The molecule has 0 saturated heterocycles. The summed E-state index contributed by atoms with van der Waals surface area (Å²) in [4.78, 5) is 40.3. The van der Waals surface area contributed by atoms with E-state index in [2.05, 4.69) is 10.3 Å². The highest BCUT2D eigenvalue weighted by Gasteiger charge is 2.17. The van der Waals surface area contributed by atoms with Gasteiger partial charge in [-0.1, -0.05) is 19.3 Å². The third-order valence-electron chi connectivity index (χ3n) is 5.65. The number of methoxy groups -OCH3 is 1. The van der Waals surface area contributed by atoms with Crippen molar-refractivity contribution in [2.45, 2.75) is 38.1 Å². The first-order valence-electron chi connectivity index (χ1n) is 10.3. The quantitative estimate of drug-likeness (QED) is 0.477. The molecule has 0 atom stereocenters. The average Bonchev–Trinajstić information content (AvgIpc) is 2.79. The van der Waals surface area contributed by atoms with Gasteiger partial charge in [0.05, 0.1) is 29.3 Å². The van der Waals surface area contributed by atoms with Gasteiger partial charge >= 0.3 is 5.97 Å². The first-order chi connectivity index (χ1) is 15.0. The van der Waals surface area contributed by atoms with Gasteiger partial charge in [0.25, 0.3) is 11.5 Å². The molecule has 1 aliphatic rings. The number of aromatic amines is 1. The van der Waals surface area contributed by atoms with Crippen LogP contribution in [0.5, 0.6) is 0 Å². The van der Waals surface area contributed by atoms with Crippen LogP contribution in [0.3, 0.4) is 0 Å². The zero-order chi connectivity index (χ0) is 22.0. The number of rotatable bonds is 4. The van der Waals surface area contributed by atoms with Crippen LogP contribution in [-0.2, 0) is 4.74 Å². The molecule has 160 valence electrons. The number of nitrogens with zero attached hydrogens (tertiary/aromatic N) is 1. The summed E-state index contributed by atoms with van der Waals surface area (Å²) in [7, 11) is 1.30. The van der Waals surface area contributed by atoms with Crippen molar-refractivity contribution in [1.82, 2.24) is 14.9 Å². The highest BCUT2D eigenvalue weighted by molar-refractivity contribution is 7.71. The van der Waals surface area contributed by atoms with E-state index in [1.165, 1.54) is 24.2 Å². The van der Waals surface area contributed by atoms with E-state index in [9.17, 15) is 14.4 Å². The fraction of sp³-hybridized carbons (Fsp3) is 0.304. The molecule has 1 saturated carbocycles. The zero-order valence-electron chi connectivity index (χ0n) is 17.1. The Morgan fingerprint density at radius 3 is 2.42 bits per heavy atom. The van der Waals surface area contributed by atoms with Gasteiger partial charge in [-0.2, -0.15) is 0 Å². The van der Waals surface area contributed by atoms with Gasteiger partial charge in [0, 0.05) is 11.6 Å². The maximum atomic E-state index is 13.1. The Labute approximate surface area is 184 Å². The molecule has 7 nitrogen and oxygen atoms in total. The van der Waals surface area contributed by atoms with Crippen LogP contribution in [0.25, 0.3) is 16.6 Å². The fourth-order valence-corrected chi connectivity index (χ4v) is 4.27. The molecule has 0 radical (unpaired) electrons. The number of hydrogen-bond donors (Lipinski definition) is 2. The number of fused-ring (bicyclic) bond motifs is 1. The van der Waals surface area contributed by atoms with E-state index >= 15 is 0 Å². The standard InChI is InChI=1S/C23H23N3O4S/c1-30-22(29)15-9-12-18-19(13-15)25-23(31)26(21(18)28)17-10-7-14(8-11-17)20(27)24-16-5-3-2-4-6-16/h7-13,16H,2-6H2,1H3,(H,24,27)(H,25,31). The minimum absolute atomic E-state index is 0.107. The van der Waals surface area contributed by atoms with Crippen molar-refractivity contribution in [1.29, 1.82) is 0 Å². The van der Waals surface area contributed by atoms with Crippen molar-refractivity contribution in [3.8, 4) is 5.69 Å². The van der Waals surface area contributed by atoms with E-state index in [-0.39, 0.29) is 22.3 Å². The number of aromatic nitrogens is 2. The van der Waals surface area contributed by atoms with E-state index in [0.717, 1.165) is 25.7 Å². The molecule has 0 spiro atoms. The molecule has 1 heterocycles. The molecule has 2 N–H and O–H groups in total. The lowest BCUT2D eigenvalue weighted by molar-refractivity contribution is 0.0600. The Kier molecular flexibility index (Phi) is 5.99. The van der Waals surface area contributed by atoms with Crippen molar-refractivity contribution in [2.24, 2.45) is 0 Å². The Morgan fingerprint density at radius 1 is 1.06 bits per heavy atom. The largest absolute Gasteiger partial charge is 0.465 e. The highest BCUT2D eigenvalue weighted by atomic mass is 32.1. The van der Waals surface area contributed by atoms with Gasteiger partial charge in [-0.05, 0) is 67.5 Å². The van der Waals surface area contributed by atoms with Crippen LogP contribution in [0, 0.1) is 4.77 Å². The molecule has 1 aliphatic carbocycles. The predicted octanol–water partition coefficient (Wildman–Crippen LogP) is 3.90. The van der Waals surface area contributed by atoms with E-state index in [0.29, 0.717) is 27.7 Å². The molecule has 1 aromatic heterocycles. The number of carbonyl (C=O) groups is 2. The molecule has 0 aliphatic heterocycles. The zero-order valence-corrected chi connectivity index (χ0v) is 18.0. The first-order valence-corrected chi connectivity index (χ1v) is 10.7. The summed E-state index contributed by atoms with van der Waals surface area (Å²) in [5.74, 6) is -0.600. The third-order valence-corrected chi connectivity index (χ3v) is 5.93. The lowest BCUT2D eigenvalue weighted by atomic mass is 9.95. The molecule has 2 aromatic carbocycles. The van der Waals surface area contributed by atoms with Crippen molar-refractivity contribution >= 4 is 35.0 Å². The van der Waals surface area contributed by atoms with Crippen LogP contribution in [-0.4, -0.2) is 34.6 Å². The number of H-pyrrole nitrogens is 1. The Morgan fingerprint density at radius 2 is 1.74 bits per heavy atom. The van der Waals surface area contributed by atoms with E-state index in [1.54, 1.807) is 36.4 Å². The van der Waals surface area contributed by atoms with E-state index in [1.807, 2.05) is 0 Å². The molecule has 4 rings (SSSR count). The summed E-state index contributed by atoms with van der Waals surface area (Å²) >= 11 is 5.39. The topological polar surface area (TPSA) is 93.2 Å². The van der Waals surface area contributed by atoms with Gasteiger partial charge in [-0.25, -0.2) is 4.79 Å². The van der Waals surface area contributed by atoms with Gasteiger partial charge in [-0.3, -0.25) is 14.2 Å². The SMILES string of the molecule is COC(=O)c1ccc2c(=O)n(-c3ccc(C(=O)NC4CCCCC4)cc3)c(=S)[nH]c2c1. The molecule has 3 aromatic rings. The smallest absolute Gasteiger partial charge is 0.337 e. The molecule has 31 heavy (non-hydrogen) atoms. The molecule has 0 bridgehead atoms. The van der Waals surface area contributed by atoms with Crippen molar-refractivity contribution in [2.75, 3.05) is 7.11 Å². The summed E-state index contributed by atoms with van der Waals surface area (Å²) in [6, 6.07) is 11.7. The van der Waals surface area contributed by atoms with Gasteiger partial charge < -0.3 is 15.0 Å². The molecule has 1 amide bonds. The lowest BCUT2D eigenvalue weighted by Gasteiger charge is -2.22. The maximum absolute atomic E-state index is 13.1. The second-order valence-electron chi connectivity index (χ2n) is 7.68. The minimum atomic E-state index is -0.493. The van der Waals surface area contributed by atoms with Crippen LogP contribution >= 0.6 is 12.2 Å². The summed E-state index contributed by atoms with van der Waals surface area (Å²) in [5, 5.41) is 3.48. The van der Waals surface area contributed by atoms with Crippen LogP contribution in [0.4, 0.5) is 0 Å². The number of ether oxygens (including phenoxy) is 1. The number of hydrogen-bond acceptors (Lipinski definition) is 5. The summed E-state index contributed by atoms with van der Waals surface area (Å²) < 4.78 is 6.29. The maximum Gasteiger partial charge on any atom is 0.337 e. The number of nitrogens with one attached hydrogen (secondary N) is 2. The van der Waals surface area contributed by atoms with Crippen molar-refractivity contribution in [3.05, 3.63) is 68.7 Å². The number of carbonyl (C=O) groups excluding carboxylic acids is 2. The van der Waals surface area contributed by atoms with Gasteiger partial charge in [0.1, 0.15) is 0 Å². The van der Waals surface area contributed by atoms with Crippen LogP contribution in [0.15, 0.2) is 47.3 Å². The van der Waals surface area contributed by atoms with Crippen LogP contribution < -0.4 is 10.9 Å². The van der Waals surface area contributed by atoms with Crippen LogP contribution in [0.2, 0.25) is 0 Å². The van der Waals surface area contributed by atoms with E-state index in [4.69, 9.17) is 17.0 Å². The first kappa shape index (κ1) is 21.0. The number of benzene rings is 2. The van der Waals surface area contributed by atoms with Crippen molar-refractivity contribution < 1.29 is 14.3 Å². The normalized spacial score (nSPS) is 14.4. The number of amides is 1. The van der Waals surface area contributed by atoms with E-state index < -0.39 is 5.97 Å². The fourth-order valence-electron chi connectivity index (χ4n) is 3.97. The minimum Gasteiger partial charge on any atom is -0.465 e. The average molecular weight is 438 g/mol. The molecule has 1 fully saturated rings. The second-order valence-corrected chi connectivity index (χ2v) is 8.06. The Bertz CT molecular complexity index is 1250. The monoisotopic (exact) mass is 437 g/mol. The molecular formula is C23H23N3O4S. The molecule has 8 heteroatoms. The predicted molar refractivity (Wildman–Crippen MR) is 120 cm³/mol. The summed E-state index contributed by atoms with van der Waals surface area (Å²) in [6.45, 7) is 0. The Balaban J connectivity index is 1.63.